The Balaban J connectivity index is 2.25. The van der Waals surface area contributed by atoms with E-state index in [1.165, 1.54) is 0 Å². The van der Waals surface area contributed by atoms with Gasteiger partial charge in [0.1, 0.15) is 0 Å². The van der Waals surface area contributed by atoms with Crippen LogP contribution in [-0.4, -0.2) is 29.8 Å². The van der Waals surface area contributed by atoms with E-state index in [2.05, 4.69) is 18.7 Å². The summed E-state index contributed by atoms with van der Waals surface area (Å²) < 4.78 is 10.8. The zero-order chi connectivity index (χ0) is 14.5. The third-order valence-corrected chi connectivity index (χ3v) is 3.78. The Morgan fingerprint density at radius 1 is 1.35 bits per heavy atom. The van der Waals surface area contributed by atoms with Crippen LogP contribution in [0.1, 0.15) is 38.3 Å². The smallest absolute Gasteiger partial charge is 0.231 e. The fourth-order valence-electron chi connectivity index (χ4n) is 2.47. The first-order valence-electron chi connectivity index (χ1n) is 7.10. The number of thiocarbonyl (C=S) groups is 1. The highest BCUT2D eigenvalue weighted by Gasteiger charge is 2.24. The van der Waals surface area contributed by atoms with E-state index >= 15 is 0 Å². The van der Waals surface area contributed by atoms with Crippen LogP contribution in [0.3, 0.4) is 0 Å². The van der Waals surface area contributed by atoms with Gasteiger partial charge in [-0.05, 0) is 37.2 Å². The molecular weight excluding hydrogens is 272 g/mol. The molecule has 0 amide bonds. The molecule has 1 aromatic rings. The van der Waals surface area contributed by atoms with Crippen molar-refractivity contribution < 1.29 is 9.47 Å². The molecular formula is C15H22N2O2S. The van der Waals surface area contributed by atoms with Crippen molar-refractivity contribution in [3.63, 3.8) is 0 Å². The largest absolute Gasteiger partial charge is 0.454 e. The van der Waals surface area contributed by atoms with E-state index in [1.54, 1.807) is 0 Å². The van der Waals surface area contributed by atoms with Crippen LogP contribution in [-0.2, 0) is 0 Å². The molecule has 1 aliphatic heterocycles. The molecule has 4 nitrogen and oxygen atoms in total. The molecule has 2 rings (SSSR count). The molecule has 1 aromatic carbocycles. The lowest BCUT2D eigenvalue weighted by Crippen LogP contribution is -2.37. The van der Waals surface area contributed by atoms with Gasteiger partial charge in [0, 0.05) is 0 Å². The van der Waals surface area contributed by atoms with Crippen LogP contribution in [0.4, 0.5) is 0 Å². The fraction of sp³-hybridized carbons (Fsp3) is 0.533. The predicted octanol–water partition coefficient (Wildman–Crippen LogP) is 2.86. The molecule has 1 heterocycles. The first-order chi connectivity index (χ1) is 9.67. The summed E-state index contributed by atoms with van der Waals surface area (Å²) in [6, 6.07) is 5.89. The van der Waals surface area contributed by atoms with Gasteiger partial charge in [0.2, 0.25) is 6.79 Å². The Morgan fingerprint density at radius 2 is 2.10 bits per heavy atom. The zero-order valence-corrected chi connectivity index (χ0v) is 12.9. The van der Waals surface area contributed by atoms with Gasteiger partial charge in [-0.3, -0.25) is 4.90 Å². The van der Waals surface area contributed by atoms with Crippen molar-refractivity contribution in [1.82, 2.24) is 4.90 Å². The Hall–Kier alpha value is -1.33. The van der Waals surface area contributed by atoms with Crippen molar-refractivity contribution in [2.24, 2.45) is 5.73 Å². The van der Waals surface area contributed by atoms with Crippen LogP contribution in [0.15, 0.2) is 18.2 Å². The van der Waals surface area contributed by atoms with Gasteiger partial charge in [-0.15, -0.1) is 0 Å². The highest BCUT2D eigenvalue weighted by atomic mass is 32.1. The zero-order valence-electron chi connectivity index (χ0n) is 12.1. The van der Waals surface area contributed by atoms with Gasteiger partial charge < -0.3 is 15.2 Å². The maximum Gasteiger partial charge on any atom is 0.231 e. The highest BCUT2D eigenvalue weighted by molar-refractivity contribution is 7.80. The second-order valence-corrected chi connectivity index (χ2v) is 5.37. The minimum Gasteiger partial charge on any atom is -0.454 e. The monoisotopic (exact) mass is 294 g/mol. The average molecular weight is 294 g/mol. The van der Waals surface area contributed by atoms with Crippen LogP contribution in [0, 0.1) is 0 Å². The lowest BCUT2D eigenvalue weighted by molar-refractivity contribution is 0.174. The molecule has 5 heteroatoms. The molecule has 110 valence electrons. The number of rotatable bonds is 7. The van der Waals surface area contributed by atoms with E-state index in [4.69, 9.17) is 27.4 Å². The quantitative estimate of drug-likeness (QED) is 0.784. The molecule has 0 spiro atoms. The van der Waals surface area contributed by atoms with Gasteiger partial charge in [0.25, 0.3) is 0 Å². The minimum atomic E-state index is -0.0453. The van der Waals surface area contributed by atoms with Crippen molar-refractivity contribution >= 4 is 17.2 Å². The van der Waals surface area contributed by atoms with Crippen LogP contribution >= 0.6 is 12.2 Å². The van der Waals surface area contributed by atoms with E-state index in [1.807, 2.05) is 18.2 Å². The van der Waals surface area contributed by atoms with Crippen LogP contribution in [0.2, 0.25) is 0 Å². The molecule has 2 N–H and O–H groups in total. The first-order valence-corrected chi connectivity index (χ1v) is 7.51. The van der Waals surface area contributed by atoms with Crippen molar-refractivity contribution in [1.29, 1.82) is 0 Å². The maximum absolute atomic E-state index is 5.98. The SMILES string of the molecule is CCCCN(CC)C(C(N)=S)c1ccc2c(c1)OCO2. The number of benzene rings is 1. The molecule has 0 bridgehead atoms. The molecule has 0 aromatic heterocycles. The summed E-state index contributed by atoms with van der Waals surface area (Å²) in [5.74, 6) is 1.56. The van der Waals surface area contributed by atoms with E-state index in [0.29, 0.717) is 4.99 Å². The Labute approximate surface area is 125 Å². The van der Waals surface area contributed by atoms with Gasteiger partial charge in [-0.1, -0.05) is 38.6 Å². The molecule has 0 radical (unpaired) electrons. The average Bonchev–Trinajstić information content (AvgIpc) is 2.90. The van der Waals surface area contributed by atoms with Crippen LogP contribution in [0.25, 0.3) is 0 Å². The molecule has 1 atom stereocenters. The lowest BCUT2D eigenvalue weighted by Gasteiger charge is -2.30. The van der Waals surface area contributed by atoms with Gasteiger partial charge in [0.15, 0.2) is 11.5 Å². The summed E-state index contributed by atoms with van der Waals surface area (Å²) in [7, 11) is 0. The van der Waals surface area contributed by atoms with Crippen molar-refractivity contribution in [3.8, 4) is 11.5 Å². The van der Waals surface area contributed by atoms with E-state index < -0.39 is 0 Å². The number of nitrogens with zero attached hydrogens (tertiary/aromatic N) is 1. The second kappa shape index (κ2) is 6.90. The topological polar surface area (TPSA) is 47.7 Å². The van der Waals surface area contributed by atoms with E-state index in [0.717, 1.165) is 43.0 Å². The summed E-state index contributed by atoms with van der Waals surface area (Å²) >= 11 is 5.28. The Kier molecular flexibility index (Phi) is 5.20. The lowest BCUT2D eigenvalue weighted by atomic mass is 10.0. The fourth-order valence-corrected chi connectivity index (χ4v) is 2.75. The van der Waals surface area contributed by atoms with Gasteiger partial charge in [-0.2, -0.15) is 0 Å². The van der Waals surface area contributed by atoms with Crippen LogP contribution in [0.5, 0.6) is 11.5 Å². The number of ether oxygens (including phenoxy) is 2. The maximum atomic E-state index is 5.98. The molecule has 0 saturated heterocycles. The third-order valence-electron chi connectivity index (χ3n) is 3.55. The summed E-state index contributed by atoms with van der Waals surface area (Å²) in [6.45, 7) is 6.50. The van der Waals surface area contributed by atoms with E-state index in [-0.39, 0.29) is 12.8 Å². The molecule has 1 unspecified atom stereocenters. The van der Waals surface area contributed by atoms with Gasteiger partial charge in [-0.25, -0.2) is 0 Å². The molecule has 20 heavy (non-hydrogen) atoms. The first kappa shape index (κ1) is 15.1. The third kappa shape index (κ3) is 3.22. The van der Waals surface area contributed by atoms with Gasteiger partial charge >= 0.3 is 0 Å². The second-order valence-electron chi connectivity index (χ2n) is 4.90. The van der Waals surface area contributed by atoms with Crippen molar-refractivity contribution in [2.75, 3.05) is 19.9 Å². The Bertz CT molecular complexity index is 479. The Morgan fingerprint density at radius 3 is 2.75 bits per heavy atom. The number of unbranched alkanes of at least 4 members (excludes halogenated alkanes) is 1. The minimum absolute atomic E-state index is 0.0453. The summed E-state index contributed by atoms with van der Waals surface area (Å²) in [6.07, 6.45) is 2.29. The standard InChI is InChI=1S/C15H22N2O2S/c1-3-5-8-17(4-2)14(15(16)20)11-6-7-12-13(9-11)19-10-18-12/h6-7,9,14H,3-5,8,10H2,1-2H3,(H2,16,20). The summed E-state index contributed by atoms with van der Waals surface area (Å²) in [5, 5.41) is 0. The highest BCUT2D eigenvalue weighted by Crippen LogP contribution is 2.35. The molecule has 0 aliphatic carbocycles. The number of hydrogen-bond donors (Lipinski definition) is 1. The summed E-state index contributed by atoms with van der Waals surface area (Å²) in [4.78, 5) is 2.81. The molecule has 0 saturated carbocycles. The normalized spacial score (nSPS) is 14.6. The van der Waals surface area contributed by atoms with Crippen molar-refractivity contribution in [3.05, 3.63) is 23.8 Å². The predicted molar refractivity (Wildman–Crippen MR) is 84.2 cm³/mol. The molecule has 1 aliphatic rings. The van der Waals surface area contributed by atoms with Crippen molar-refractivity contribution in [2.45, 2.75) is 32.7 Å². The summed E-state index contributed by atoms with van der Waals surface area (Å²) in [5.41, 5.74) is 7.05. The van der Waals surface area contributed by atoms with E-state index in [9.17, 15) is 0 Å². The number of likely N-dealkylation sites (N-methyl/N-ethyl adjacent to an activating group) is 1. The number of hydrogen-bond acceptors (Lipinski definition) is 4. The van der Waals surface area contributed by atoms with Crippen LogP contribution < -0.4 is 15.2 Å². The number of nitrogens with two attached hydrogens (primary N) is 1. The molecule has 0 fully saturated rings. The number of fused-ring (bicyclic) bond motifs is 1. The van der Waals surface area contributed by atoms with Gasteiger partial charge in [0.05, 0.1) is 11.0 Å².